The summed E-state index contributed by atoms with van der Waals surface area (Å²) >= 11 is 1.45. The van der Waals surface area contributed by atoms with E-state index < -0.39 is 6.10 Å². The van der Waals surface area contributed by atoms with E-state index in [-0.39, 0.29) is 5.78 Å². The molecule has 2 aromatic heterocycles. The Hall–Kier alpha value is -2.21. The summed E-state index contributed by atoms with van der Waals surface area (Å²) in [5.41, 5.74) is 2.07. The van der Waals surface area contributed by atoms with Crippen LogP contribution in [0.5, 0.6) is 0 Å². The van der Waals surface area contributed by atoms with Crippen molar-refractivity contribution in [2.24, 2.45) is 0 Å². The number of aromatic nitrogens is 1. The summed E-state index contributed by atoms with van der Waals surface area (Å²) in [6.07, 6.45) is 7.30. The highest BCUT2D eigenvalue weighted by atomic mass is 32.1. The number of aliphatic hydroxyl groups is 1. The summed E-state index contributed by atoms with van der Waals surface area (Å²) in [4.78, 5) is 15.4. The average Bonchev–Trinajstić information content (AvgIpc) is 3.36. The molecule has 0 bridgehead atoms. The van der Waals surface area contributed by atoms with Crippen molar-refractivity contribution in [3.05, 3.63) is 64.5 Å². The van der Waals surface area contributed by atoms with Gasteiger partial charge in [-0.05, 0) is 55.6 Å². The number of para-hydroxylation sites is 1. The SMILES string of the molecule is CCCN(CCC)C[C@H](O)Cn1cc(/C=C\C(=O)c2cccs2)c2ccccc21. The smallest absolute Gasteiger partial charge is 0.195 e. The predicted molar refractivity (Wildman–Crippen MR) is 123 cm³/mol. The molecule has 0 saturated heterocycles. The fourth-order valence-corrected chi connectivity index (χ4v) is 4.38. The van der Waals surface area contributed by atoms with Crippen LogP contribution in [-0.2, 0) is 6.54 Å². The minimum Gasteiger partial charge on any atom is -0.390 e. The average molecular weight is 411 g/mol. The second-order valence-corrected chi connectivity index (χ2v) is 8.33. The van der Waals surface area contributed by atoms with Gasteiger partial charge in [0.25, 0.3) is 0 Å². The molecule has 1 N–H and O–H groups in total. The number of allylic oxidation sites excluding steroid dienone is 1. The lowest BCUT2D eigenvalue weighted by Gasteiger charge is -2.24. The number of rotatable bonds is 11. The fraction of sp³-hybridized carbons (Fsp3) is 0.375. The summed E-state index contributed by atoms with van der Waals surface area (Å²) < 4.78 is 2.10. The molecular weight excluding hydrogens is 380 g/mol. The number of carbonyl (C=O) groups excluding carboxylic acids is 1. The van der Waals surface area contributed by atoms with Crippen LogP contribution >= 0.6 is 11.3 Å². The number of ketones is 1. The highest BCUT2D eigenvalue weighted by molar-refractivity contribution is 7.12. The fourth-order valence-electron chi connectivity index (χ4n) is 3.74. The zero-order valence-corrected chi connectivity index (χ0v) is 18.1. The molecule has 0 radical (unpaired) electrons. The molecule has 0 unspecified atom stereocenters. The van der Waals surface area contributed by atoms with Crippen LogP contribution in [0.4, 0.5) is 0 Å². The first-order valence-corrected chi connectivity index (χ1v) is 11.2. The van der Waals surface area contributed by atoms with Crippen LogP contribution in [0.25, 0.3) is 17.0 Å². The molecule has 3 aromatic rings. The Bertz CT molecular complexity index is 937. The minimum atomic E-state index is -0.437. The van der Waals surface area contributed by atoms with Gasteiger partial charge in [0.15, 0.2) is 5.78 Å². The van der Waals surface area contributed by atoms with Gasteiger partial charge in [-0.2, -0.15) is 0 Å². The Morgan fingerprint density at radius 1 is 1.17 bits per heavy atom. The highest BCUT2D eigenvalue weighted by Gasteiger charge is 2.14. The zero-order valence-electron chi connectivity index (χ0n) is 17.3. The van der Waals surface area contributed by atoms with Gasteiger partial charge >= 0.3 is 0 Å². The van der Waals surface area contributed by atoms with E-state index >= 15 is 0 Å². The molecule has 5 heteroatoms. The second kappa shape index (κ2) is 10.5. The summed E-state index contributed by atoms with van der Waals surface area (Å²) in [6, 6.07) is 11.9. The van der Waals surface area contributed by atoms with Crippen LogP contribution in [0, 0.1) is 0 Å². The number of hydrogen-bond acceptors (Lipinski definition) is 4. The summed E-state index contributed by atoms with van der Waals surface area (Å²) in [7, 11) is 0. The monoisotopic (exact) mass is 410 g/mol. The number of fused-ring (bicyclic) bond motifs is 1. The van der Waals surface area contributed by atoms with Crippen LogP contribution in [0.1, 0.15) is 41.9 Å². The lowest BCUT2D eigenvalue weighted by molar-refractivity contribution is 0.0988. The molecular formula is C24H30N2O2S. The van der Waals surface area contributed by atoms with Crippen molar-refractivity contribution in [2.75, 3.05) is 19.6 Å². The molecule has 0 aliphatic heterocycles. The van der Waals surface area contributed by atoms with E-state index in [2.05, 4.69) is 35.4 Å². The van der Waals surface area contributed by atoms with Gasteiger partial charge in [-0.25, -0.2) is 0 Å². The summed E-state index contributed by atoms with van der Waals surface area (Å²) in [6.45, 7) is 7.58. The van der Waals surface area contributed by atoms with E-state index in [1.54, 1.807) is 6.08 Å². The maximum Gasteiger partial charge on any atom is 0.195 e. The van der Waals surface area contributed by atoms with Crippen LogP contribution < -0.4 is 0 Å². The molecule has 0 fully saturated rings. The van der Waals surface area contributed by atoms with Gasteiger partial charge in [0.2, 0.25) is 0 Å². The van der Waals surface area contributed by atoms with Crippen molar-refractivity contribution >= 4 is 34.1 Å². The van der Waals surface area contributed by atoms with Gasteiger partial charge in [0.05, 0.1) is 11.0 Å². The molecule has 2 heterocycles. The molecule has 0 spiro atoms. The Morgan fingerprint density at radius 2 is 1.93 bits per heavy atom. The molecule has 0 aliphatic carbocycles. The van der Waals surface area contributed by atoms with Gasteiger partial charge in [-0.15, -0.1) is 11.3 Å². The zero-order chi connectivity index (χ0) is 20.6. The van der Waals surface area contributed by atoms with Crippen molar-refractivity contribution in [1.82, 2.24) is 9.47 Å². The van der Waals surface area contributed by atoms with E-state index in [9.17, 15) is 9.90 Å². The Labute approximate surface area is 177 Å². The quantitative estimate of drug-likeness (QED) is 0.354. The number of nitrogens with zero attached hydrogens (tertiary/aromatic N) is 2. The normalized spacial score (nSPS) is 13.0. The Morgan fingerprint density at radius 3 is 2.62 bits per heavy atom. The highest BCUT2D eigenvalue weighted by Crippen LogP contribution is 2.23. The molecule has 0 saturated carbocycles. The van der Waals surface area contributed by atoms with Crippen molar-refractivity contribution < 1.29 is 9.90 Å². The van der Waals surface area contributed by atoms with E-state index in [1.165, 1.54) is 11.3 Å². The van der Waals surface area contributed by atoms with Crippen LogP contribution in [0.2, 0.25) is 0 Å². The molecule has 1 atom stereocenters. The third kappa shape index (κ3) is 5.66. The molecule has 0 amide bonds. The minimum absolute atomic E-state index is 0.0200. The first kappa shape index (κ1) is 21.5. The van der Waals surface area contributed by atoms with Gasteiger partial charge in [0, 0.05) is 35.8 Å². The van der Waals surface area contributed by atoms with Gasteiger partial charge in [0.1, 0.15) is 0 Å². The van der Waals surface area contributed by atoms with E-state index in [0.717, 1.165) is 47.3 Å². The maximum absolute atomic E-state index is 12.3. The maximum atomic E-state index is 12.3. The number of thiophene rings is 1. The van der Waals surface area contributed by atoms with Crippen molar-refractivity contribution in [3.8, 4) is 0 Å². The van der Waals surface area contributed by atoms with Crippen molar-refractivity contribution in [3.63, 3.8) is 0 Å². The van der Waals surface area contributed by atoms with E-state index in [4.69, 9.17) is 0 Å². The first-order valence-electron chi connectivity index (χ1n) is 10.4. The molecule has 29 heavy (non-hydrogen) atoms. The molecule has 154 valence electrons. The van der Waals surface area contributed by atoms with Crippen molar-refractivity contribution in [2.45, 2.75) is 39.3 Å². The first-order chi connectivity index (χ1) is 14.1. The van der Waals surface area contributed by atoms with Gasteiger partial charge < -0.3 is 14.6 Å². The number of hydrogen-bond donors (Lipinski definition) is 1. The molecule has 0 aliphatic rings. The molecule has 1 aromatic carbocycles. The number of carbonyl (C=O) groups is 1. The lowest BCUT2D eigenvalue weighted by Crippen LogP contribution is -2.35. The number of aliphatic hydroxyl groups excluding tert-OH is 1. The van der Waals surface area contributed by atoms with Crippen molar-refractivity contribution in [1.29, 1.82) is 0 Å². The van der Waals surface area contributed by atoms with Crippen LogP contribution in [-0.4, -0.2) is 46.1 Å². The standard InChI is InChI=1S/C24H30N2O2S/c1-3-13-25(14-4-2)17-20(27)18-26-16-19(21-8-5-6-9-22(21)26)11-12-23(28)24-10-7-15-29-24/h5-12,15-16,20,27H,3-4,13-14,17-18H2,1-2H3/b12-11-/t20-/m0/s1. The largest absolute Gasteiger partial charge is 0.390 e. The molecule has 4 nitrogen and oxygen atoms in total. The summed E-state index contributed by atoms with van der Waals surface area (Å²) in [5.74, 6) is 0.0200. The van der Waals surface area contributed by atoms with Crippen LogP contribution in [0.15, 0.2) is 54.1 Å². The third-order valence-corrected chi connectivity index (χ3v) is 5.84. The predicted octanol–water partition coefficient (Wildman–Crippen LogP) is 5.08. The third-order valence-electron chi connectivity index (χ3n) is 4.95. The summed E-state index contributed by atoms with van der Waals surface area (Å²) in [5, 5.41) is 13.7. The van der Waals surface area contributed by atoms with Crippen LogP contribution in [0.3, 0.4) is 0 Å². The lowest BCUT2D eigenvalue weighted by atomic mass is 10.1. The second-order valence-electron chi connectivity index (χ2n) is 7.38. The van der Waals surface area contributed by atoms with E-state index in [0.29, 0.717) is 13.1 Å². The topological polar surface area (TPSA) is 45.5 Å². The van der Waals surface area contributed by atoms with Gasteiger partial charge in [-0.1, -0.05) is 38.1 Å². The van der Waals surface area contributed by atoms with Gasteiger partial charge in [-0.3, -0.25) is 4.79 Å². The molecule has 3 rings (SSSR count). The Kier molecular flexibility index (Phi) is 7.81. The Balaban J connectivity index is 1.77. The van der Waals surface area contributed by atoms with E-state index in [1.807, 2.05) is 41.9 Å². The number of benzene rings is 1.